The molecule has 0 spiro atoms. The van der Waals surface area contributed by atoms with Gasteiger partial charge in [-0.15, -0.1) is 0 Å². The van der Waals surface area contributed by atoms with Gasteiger partial charge in [-0.2, -0.15) is 0 Å². The molecular weight excluding hydrogens is 469 g/mol. The molecule has 4 rings (SSSR count). The molecule has 4 aliphatic carbocycles. The van der Waals surface area contributed by atoms with Crippen molar-refractivity contribution in [3.63, 3.8) is 0 Å². The standard InChI is InChI=1S/C35H58FNO/c1-5-7-8-9-10-14-19-38-34-24-31(30-20-27(6-2)21-32(36)22-30)23-33(25(3)28-17-18-28)35(34)37-26(4)29-15-12-11-13-16-29/h11-12,20,24-26,28-33,35,37H,5-10,13-19,21-23H2,1-4H3. The van der Waals surface area contributed by atoms with Crippen molar-refractivity contribution < 1.29 is 9.13 Å². The fraction of sp³-hybridized carbons (Fsp3) is 0.829. The molecule has 1 fully saturated rings. The van der Waals surface area contributed by atoms with Crippen LogP contribution in [0.3, 0.4) is 0 Å². The third-order valence-corrected chi connectivity index (χ3v) is 10.4. The molecule has 8 unspecified atom stereocenters. The molecule has 0 heterocycles. The number of rotatable bonds is 15. The van der Waals surface area contributed by atoms with Gasteiger partial charge in [-0.05, 0) is 113 Å². The highest BCUT2D eigenvalue weighted by molar-refractivity contribution is 5.20. The molecule has 0 amide bonds. The van der Waals surface area contributed by atoms with Gasteiger partial charge in [0, 0.05) is 6.04 Å². The van der Waals surface area contributed by atoms with Gasteiger partial charge in [0.05, 0.1) is 12.6 Å². The number of allylic oxidation sites excluding steroid dienone is 5. The highest BCUT2D eigenvalue weighted by Gasteiger charge is 2.44. The molecule has 0 saturated heterocycles. The summed E-state index contributed by atoms with van der Waals surface area (Å²) in [6, 6.07) is 0.773. The van der Waals surface area contributed by atoms with E-state index in [-0.39, 0.29) is 0 Å². The van der Waals surface area contributed by atoms with Crippen molar-refractivity contribution >= 4 is 0 Å². The zero-order valence-corrected chi connectivity index (χ0v) is 25.1. The first kappa shape index (κ1) is 29.9. The lowest BCUT2D eigenvalue weighted by Crippen LogP contribution is -2.51. The minimum absolute atomic E-state index is 0.294. The van der Waals surface area contributed by atoms with Crippen molar-refractivity contribution in [2.24, 2.45) is 35.5 Å². The molecule has 0 radical (unpaired) electrons. The largest absolute Gasteiger partial charge is 0.497 e. The Labute approximate surface area is 234 Å². The molecule has 3 heteroatoms. The monoisotopic (exact) mass is 527 g/mol. The number of ether oxygens (including phenoxy) is 1. The molecule has 1 saturated carbocycles. The maximum atomic E-state index is 14.8. The van der Waals surface area contributed by atoms with E-state index in [1.54, 1.807) is 0 Å². The summed E-state index contributed by atoms with van der Waals surface area (Å²) in [5.41, 5.74) is 1.32. The Morgan fingerprint density at radius 3 is 2.39 bits per heavy atom. The van der Waals surface area contributed by atoms with E-state index in [1.807, 2.05) is 0 Å². The molecule has 216 valence electrons. The van der Waals surface area contributed by atoms with Crippen molar-refractivity contribution in [3.8, 4) is 0 Å². The van der Waals surface area contributed by atoms with Gasteiger partial charge in [-0.1, -0.05) is 76.7 Å². The second-order valence-electron chi connectivity index (χ2n) is 13.3. The number of alkyl halides is 1. The molecule has 0 bridgehead atoms. The summed E-state index contributed by atoms with van der Waals surface area (Å²) < 4.78 is 21.6. The lowest BCUT2D eigenvalue weighted by Gasteiger charge is -2.44. The van der Waals surface area contributed by atoms with Crippen molar-refractivity contribution in [2.75, 3.05) is 6.61 Å². The van der Waals surface area contributed by atoms with Crippen molar-refractivity contribution in [2.45, 2.75) is 142 Å². The third kappa shape index (κ3) is 8.45. The Morgan fingerprint density at radius 2 is 1.68 bits per heavy atom. The second-order valence-corrected chi connectivity index (χ2v) is 13.3. The average Bonchev–Trinajstić information content (AvgIpc) is 3.78. The van der Waals surface area contributed by atoms with Gasteiger partial charge in [0.15, 0.2) is 0 Å². The Bertz CT molecular complexity index is 798. The molecular formula is C35H58FNO. The van der Waals surface area contributed by atoms with Gasteiger partial charge in [0.2, 0.25) is 0 Å². The van der Waals surface area contributed by atoms with Crippen LogP contribution in [-0.4, -0.2) is 24.9 Å². The first-order chi connectivity index (χ1) is 18.5. The third-order valence-electron chi connectivity index (χ3n) is 10.4. The Morgan fingerprint density at radius 1 is 0.921 bits per heavy atom. The molecule has 1 N–H and O–H groups in total. The number of hydrogen-bond acceptors (Lipinski definition) is 2. The van der Waals surface area contributed by atoms with Gasteiger partial charge in [-0.3, -0.25) is 0 Å². The number of halogens is 1. The Balaban J connectivity index is 1.53. The van der Waals surface area contributed by atoms with E-state index < -0.39 is 6.17 Å². The number of nitrogens with one attached hydrogen (secondary N) is 1. The normalized spacial score (nSPS) is 33.4. The quantitative estimate of drug-likeness (QED) is 0.169. The fourth-order valence-corrected chi connectivity index (χ4v) is 7.60. The smallest absolute Gasteiger partial charge is 0.109 e. The summed E-state index contributed by atoms with van der Waals surface area (Å²) in [6.07, 6.45) is 26.6. The van der Waals surface area contributed by atoms with Gasteiger partial charge in [0.25, 0.3) is 0 Å². The van der Waals surface area contributed by atoms with Gasteiger partial charge >= 0.3 is 0 Å². The summed E-state index contributed by atoms with van der Waals surface area (Å²) in [5, 5.41) is 4.16. The van der Waals surface area contributed by atoms with E-state index in [9.17, 15) is 4.39 Å². The van der Waals surface area contributed by atoms with Crippen LogP contribution in [0.4, 0.5) is 4.39 Å². The number of hydrogen-bond donors (Lipinski definition) is 1. The van der Waals surface area contributed by atoms with E-state index in [4.69, 9.17) is 4.74 Å². The van der Waals surface area contributed by atoms with E-state index in [0.29, 0.717) is 54.5 Å². The SMILES string of the molecule is CCCCCCCCOC1=CC(C2C=C(CC)CC(F)C2)CC(C(C)C2CC2)C1NC(C)C1CC=CCC1. The maximum absolute atomic E-state index is 14.8. The number of unbranched alkanes of at least 4 members (excludes halogenated alkanes) is 5. The van der Waals surface area contributed by atoms with Crippen LogP contribution in [0.1, 0.15) is 124 Å². The Hall–Kier alpha value is -1.09. The predicted molar refractivity (Wildman–Crippen MR) is 160 cm³/mol. The Kier molecular flexibility index (Phi) is 11.8. The molecule has 0 aromatic heterocycles. The van der Waals surface area contributed by atoms with Crippen LogP contribution in [0.5, 0.6) is 0 Å². The van der Waals surface area contributed by atoms with E-state index in [0.717, 1.165) is 25.4 Å². The molecule has 0 aliphatic heterocycles. The molecule has 4 aliphatic rings. The first-order valence-electron chi connectivity index (χ1n) is 16.6. The van der Waals surface area contributed by atoms with Crippen LogP contribution in [-0.2, 0) is 4.74 Å². The minimum Gasteiger partial charge on any atom is -0.497 e. The molecule has 0 aromatic rings. The summed E-state index contributed by atoms with van der Waals surface area (Å²) in [4.78, 5) is 0. The van der Waals surface area contributed by atoms with Gasteiger partial charge < -0.3 is 10.1 Å². The lowest BCUT2D eigenvalue weighted by molar-refractivity contribution is 0.0933. The van der Waals surface area contributed by atoms with Crippen LogP contribution >= 0.6 is 0 Å². The minimum atomic E-state index is -0.685. The summed E-state index contributed by atoms with van der Waals surface area (Å²) in [6.45, 7) is 10.2. The summed E-state index contributed by atoms with van der Waals surface area (Å²) >= 11 is 0. The van der Waals surface area contributed by atoms with Crippen molar-refractivity contribution in [1.29, 1.82) is 0 Å². The highest BCUT2D eigenvalue weighted by Crippen LogP contribution is 2.48. The first-order valence-corrected chi connectivity index (χ1v) is 16.6. The fourth-order valence-electron chi connectivity index (χ4n) is 7.60. The molecule has 0 aromatic carbocycles. The molecule has 38 heavy (non-hydrogen) atoms. The summed E-state index contributed by atoms with van der Waals surface area (Å²) in [5.74, 6) is 4.72. The zero-order chi connectivity index (χ0) is 26.9. The van der Waals surface area contributed by atoms with Crippen LogP contribution in [0.25, 0.3) is 0 Å². The second kappa shape index (κ2) is 15.1. The van der Waals surface area contributed by atoms with Crippen LogP contribution in [0.15, 0.2) is 35.6 Å². The molecule has 2 nitrogen and oxygen atoms in total. The maximum Gasteiger partial charge on any atom is 0.109 e. The topological polar surface area (TPSA) is 21.3 Å². The van der Waals surface area contributed by atoms with Crippen molar-refractivity contribution in [1.82, 2.24) is 5.32 Å². The van der Waals surface area contributed by atoms with E-state index in [1.165, 1.54) is 82.0 Å². The lowest BCUT2D eigenvalue weighted by atomic mass is 9.68. The van der Waals surface area contributed by atoms with E-state index in [2.05, 4.69) is 57.3 Å². The summed E-state index contributed by atoms with van der Waals surface area (Å²) in [7, 11) is 0. The van der Waals surface area contributed by atoms with Crippen LogP contribution < -0.4 is 5.32 Å². The molecule has 8 atom stereocenters. The van der Waals surface area contributed by atoms with Gasteiger partial charge in [-0.25, -0.2) is 4.39 Å². The van der Waals surface area contributed by atoms with Crippen molar-refractivity contribution in [3.05, 3.63) is 35.6 Å². The highest BCUT2D eigenvalue weighted by atomic mass is 19.1. The van der Waals surface area contributed by atoms with Crippen LogP contribution in [0.2, 0.25) is 0 Å². The van der Waals surface area contributed by atoms with E-state index >= 15 is 0 Å². The average molecular weight is 528 g/mol. The zero-order valence-electron chi connectivity index (χ0n) is 25.1. The van der Waals surface area contributed by atoms with Crippen LogP contribution in [0, 0.1) is 35.5 Å². The predicted octanol–water partition coefficient (Wildman–Crippen LogP) is 9.72. The van der Waals surface area contributed by atoms with Gasteiger partial charge in [0.1, 0.15) is 11.9 Å².